The van der Waals surface area contributed by atoms with Crippen LogP contribution in [0, 0.1) is 5.92 Å². The molecule has 0 atom stereocenters. The smallest absolute Gasteiger partial charge is 0.147 e. The lowest BCUT2D eigenvalue weighted by Gasteiger charge is -2.22. The van der Waals surface area contributed by atoms with Crippen LogP contribution in [-0.4, -0.2) is 31.8 Å². The summed E-state index contributed by atoms with van der Waals surface area (Å²) >= 11 is 12.1. The Bertz CT molecular complexity index is 409. The summed E-state index contributed by atoms with van der Waals surface area (Å²) in [5.74, 6) is 1.93. The maximum absolute atomic E-state index is 6.11. The number of halogens is 2. The van der Waals surface area contributed by atoms with Gasteiger partial charge in [-0.3, -0.25) is 0 Å². The van der Waals surface area contributed by atoms with Crippen molar-refractivity contribution in [3.05, 3.63) is 16.1 Å². The lowest BCUT2D eigenvalue weighted by atomic mass is 10.0. The summed E-state index contributed by atoms with van der Waals surface area (Å²) in [5, 5.41) is 7.30. The number of anilines is 2. The van der Waals surface area contributed by atoms with Crippen LogP contribution in [0.5, 0.6) is 0 Å². The molecule has 0 spiro atoms. The van der Waals surface area contributed by atoms with Crippen LogP contribution >= 0.6 is 23.2 Å². The van der Waals surface area contributed by atoms with Crippen LogP contribution < -0.4 is 10.6 Å². The predicted molar refractivity (Wildman–Crippen MR) is 75.8 cm³/mol. The molecular weight excluding hydrogens is 273 g/mol. The monoisotopic (exact) mass is 289 g/mol. The number of nitrogens with one attached hydrogen (secondary N) is 2. The average Bonchev–Trinajstić information content (AvgIpc) is 2.39. The van der Waals surface area contributed by atoms with E-state index in [1.165, 1.54) is 0 Å². The Morgan fingerprint density at radius 2 is 1.94 bits per heavy atom. The minimum Gasteiger partial charge on any atom is -0.381 e. The van der Waals surface area contributed by atoms with E-state index < -0.39 is 0 Å². The fourth-order valence-corrected chi connectivity index (χ4v) is 2.48. The van der Waals surface area contributed by atoms with Gasteiger partial charge in [-0.25, -0.2) is 4.98 Å². The van der Waals surface area contributed by atoms with Crippen molar-refractivity contribution in [2.24, 2.45) is 5.92 Å². The Kier molecular flexibility index (Phi) is 4.92. The van der Waals surface area contributed by atoms with Crippen LogP contribution in [0.25, 0.3) is 0 Å². The molecule has 1 saturated heterocycles. The zero-order valence-electron chi connectivity index (χ0n) is 10.3. The third kappa shape index (κ3) is 3.40. The molecule has 1 aromatic rings. The minimum absolute atomic E-state index is 0.527. The van der Waals surface area contributed by atoms with Crippen molar-refractivity contribution in [2.45, 2.75) is 12.8 Å². The second-order valence-electron chi connectivity index (χ2n) is 4.34. The van der Waals surface area contributed by atoms with Gasteiger partial charge in [0.2, 0.25) is 0 Å². The minimum atomic E-state index is 0.527. The zero-order valence-corrected chi connectivity index (χ0v) is 11.8. The summed E-state index contributed by atoms with van der Waals surface area (Å²) in [7, 11) is 1.78. The molecule has 0 unspecified atom stereocenters. The molecule has 4 nitrogen and oxygen atoms in total. The third-order valence-electron chi connectivity index (χ3n) is 3.07. The van der Waals surface area contributed by atoms with Gasteiger partial charge in [0.1, 0.15) is 11.6 Å². The molecule has 0 saturated carbocycles. The maximum Gasteiger partial charge on any atom is 0.147 e. The van der Waals surface area contributed by atoms with Gasteiger partial charge in [-0.2, -0.15) is 0 Å². The highest BCUT2D eigenvalue weighted by Crippen LogP contribution is 2.29. The van der Waals surface area contributed by atoms with Crippen LogP contribution in [0.1, 0.15) is 12.8 Å². The highest BCUT2D eigenvalue weighted by Gasteiger charge is 2.15. The number of pyridine rings is 1. The van der Waals surface area contributed by atoms with Crippen molar-refractivity contribution in [2.75, 3.05) is 37.4 Å². The van der Waals surface area contributed by atoms with Crippen LogP contribution in [0.15, 0.2) is 6.07 Å². The average molecular weight is 290 g/mol. The van der Waals surface area contributed by atoms with Gasteiger partial charge in [0.25, 0.3) is 0 Å². The van der Waals surface area contributed by atoms with Crippen molar-refractivity contribution in [3.8, 4) is 0 Å². The molecule has 18 heavy (non-hydrogen) atoms. The van der Waals surface area contributed by atoms with E-state index in [9.17, 15) is 0 Å². The Hall–Kier alpha value is -0.710. The summed E-state index contributed by atoms with van der Waals surface area (Å²) in [5.41, 5.74) is 0. The van der Waals surface area contributed by atoms with E-state index in [1.54, 1.807) is 13.1 Å². The lowest BCUT2D eigenvalue weighted by Crippen LogP contribution is -2.23. The highest BCUT2D eigenvalue weighted by molar-refractivity contribution is 6.37. The van der Waals surface area contributed by atoms with E-state index in [1.807, 2.05) is 0 Å². The first-order valence-corrected chi connectivity index (χ1v) is 6.81. The number of nitrogens with zero attached hydrogens (tertiary/aromatic N) is 1. The van der Waals surface area contributed by atoms with E-state index in [4.69, 9.17) is 27.9 Å². The van der Waals surface area contributed by atoms with Crippen molar-refractivity contribution in [1.29, 1.82) is 0 Å². The van der Waals surface area contributed by atoms with Gasteiger partial charge in [0.15, 0.2) is 0 Å². The summed E-state index contributed by atoms with van der Waals surface area (Å²) < 4.78 is 5.33. The molecule has 1 fully saturated rings. The SMILES string of the molecule is CNc1nc(NCC2CCOCC2)c(Cl)cc1Cl. The van der Waals surface area contributed by atoms with Gasteiger partial charge < -0.3 is 15.4 Å². The first kappa shape index (κ1) is 13.7. The highest BCUT2D eigenvalue weighted by atomic mass is 35.5. The van der Waals surface area contributed by atoms with Crippen LogP contribution in [0.4, 0.5) is 11.6 Å². The standard InChI is InChI=1S/C12H17Cl2N3O/c1-15-11-9(13)6-10(14)12(17-11)16-7-8-2-4-18-5-3-8/h6,8H,2-5,7H2,1H3,(H2,15,16,17). The maximum atomic E-state index is 6.11. The molecule has 0 aliphatic carbocycles. The quantitative estimate of drug-likeness (QED) is 0.893. The largest absolute Gasteiger partial charge is 0.381 e. The first-order valence-electron chi connectivity index (χ1n) is 6.06. The van der Waals surface area contributed by atoms with E-state index >= 15 is 0 Å². The lowest BCUT2D eigenvalue weighted by molar-refractivity contribution is 0.0699. The molecule has 2 rings (SSSR count). The summed E-state index contributed by atoms with van der Waals surface area (Å²) in [4.78, 5) is 4.36. The Morgan fingerprint density at radius 1 is 1.28 bits per heavy atom. The normalized spacial score (nSPS) is 16.6. The van der Waals surface area contributed by atoms with Gasteiger partial charge in [0, 0.05) is 26.8 Å². The number of aromatic nitrogens is 1. The summed E-state index contributed by atoms with van der Waals surface area (Å²) in [6, 6.07) is 1.70. The molecular formula is C12H17Cl2N3O. The van der Waals surface area contributed by atoms with Crippen molar-refractivity contribution in [3.63, 3.8) is 0 Å². The Balaban J connectivity index is 1.99. The van der Waals surface area contributed by atoms with Crippen LogP contribution in [-0.2, 0) is 4.74 Å². The molecule has 0 aromatic carbocycles. The molecule has 0 bridgehead atoms. The van der Waals surface area contributed by atoms with Crippen molar-refractivity contribution >= 4 is 34.8 Å². The zero-order chi connectivity index (χ0) is 13.0. The Labute approximate surface area is 117 Å². The molecule has 2 heterocycles. The van der Waals surface area contributed by atoms with E-state index in [-0.39, 0.29) is 0 Å². The Morgan fingerprint density at radius 3 is 2.61 bits per heavy atom. The first-order chi connectivity index (χ1) is 8.70. The number of hydrogen-bond acceptors (Lipinski definition) is 4. The van der Waals surface area contributed by atoms with E-state index in [0.29, 0.717) is 27.6 Å². The molecule has 1 aromatic heterocycles. The molecule has 6 heteroatoms. The second kappa shape index (κ2) is 6.45. The fourth-order valence-electron chi connectivity index (χ4n) is 1.96. The summed E-state index contributed by atoms with van der Waals surface area (Å²) in [6.45, 7) is 2.55. The molecule has 1 aliphatic rings. The van der Waals surface area contributed by atoms with Crippen molar-refractivity contribution < 1.29 is 4.74 Å². The topological polar surface area (TPSA) is 46.2 Å². The van der Waals surface area contributed by atoms with Gasteiger partial charge in [0.05, 0.1) is 10.0 Å². The van der Waals surface area contributed by atoms with Gasteiger partial charge in [-0.1, -0.05) is 23.2 Å². The third-order valence-corrected chi connectivity index (χ3v) is 3.64. The number of rotatable bonds is 4. The predicted octanol–water partition coefficient (Wildman–Crippen LogP) is 3.27. The molecule has 0 amide bonds. The van der Waals surface area contributed by atoms with E-state index in [0.717, 1.165) is 32.6 Å². The van der Waals surface area contributed by atoms with Gasteiger partial charge in [-0.15, -0.1) is 0 Å². The number of ether oxygens (including phenoxy) is 1. The van der Waals surface area contributed by atoms with Crippen LogP contribution in [0.2, 0.25) is 10.0 Å². The molecule has 2 N–H and O–H groups in total. The summed E-state index contributed by atoms with van der Waals surface area (Å²) in [6.07, 6.45) is 2.16. The molecule has 1 aliphatic heterocycles. The van der Waals surface area contributed by atoms with Gasteiger partial charge >= 0.3 is 0 Å². The number of hydrogen-bond donors (Lipinski definition) is 2. The second-order valence-corrected chi connectivity index (χ2v) is 5.15. The molecule has 0 radical (unpaired) electrons. The van der Waals surface area contributed by atoms with Gasteiger partial charge in [-0.05, 0) is 24.8 Å². The van der Waals surface area contributed by atoms with Crippen molar-refractivity contribution in [1.82, 2.24) is 4.98 Å². The fraction of sp³-hybridized carbons (Fsp3) is 0.583. The van der Waals surface area contributed by atoms with E-state index in [2.05, 4.69) is 15.6 Å². The van der Waals surface area contributed by atoms with Crippen LogP contribution in [0.3, 0.4) is 0 Å². The molecule has 100 valence electrons.